The summed E-state index contributed by atoms with van der Waals surface area (Å²) in [6, 6.07) is 12.8. The van der Waals surface area contributed by atoms with Crippen LogP contribution >= 0.6 is 11.6 Å². The molecule has 0 amide bonds. The van der Waals surface area contributed by atoms with Gasteiger partial charge in [-0.2, -0.15) is 0 Å². The minimum Gasteiger partial charge on any atom is -0.476 e. The van der Waals surface area contributed by atoms with E-state index >= 15 is 0 Å². The quantitative estimate of drug-likeness (QED) is 0.357. The number of fused-ring (bicyclic) bond motifs is 1. The summed E-state index contributed by atoms with van der Waals surface area (Å²) in [6.45, 7) is 7.93. The van der Waals surface area contributed by atoms with Crippen LogP contribution in [0.25, 0.3) is 11.0 Å². The zero-order valence-electron chi connectivity index (χ0n) is 16.8. The second kappa shape index (κ2) is 10.1. The maximum absolute atomic E-state index is 5.97. The Kier molecular flexibility index (Phi) is 7.29. The lowest BCUT2D eigenvalue weighted by molar-refractivity contribution is 0.244. The third kappa shape index (κ3) is 5.83. The van der Waals surface area contributed by atoms with Gasteiger partial charge in [0.05, 0.1) is 17.6 Å². The summed E-state index contributed by atoms with van der Waals surface area (Å²) in [6.07, 6.45) is 0.910. The molecule has 6 heteroatoms. The van der Waals surface area contributed by atoms with Gasteiger partial charge in [0.1, 0.15) is 0 Å². The summed E-state index contributed by atoms with van der Waals surface area (Å²) < 4.78 is 5.97. The number of nitrogen functional groups attached to an aromatic ring is 1. The highest BCUT2D eigenvalue weighted by Gasteiger charge is 2.09. The molecule has 3 rings (SSSR count). The molecule has 5 nitrogen and oxygen atoms in total. The Hall–Kier alpha value is -2.81. The van der Waals surface area contributed by atoms with Gasteiger partial charge in [-0.3, -0.25) is 0 Å². The third-order valence-corrected chi connectivity index (χ3v) is 4.83. The molecule has 0 unspecified atom stereocenters. The fourth-order valence-electron chi connectivity index (χ4n) is 2.90. The number of rotatable bonds is 7. The van der Waals surface area contributed by atoms with Crippen molar-refractivity contribution in [3.8, 4) is 17.7 Å². The van der Waals surface area contributed by atoms with Crippen molar-refractivity contribution in [2.75, 3.05) is 32.0 Å². The van der Waals surface area contributed by atoms with Gasteiger partial charge < -0.3 is 15.4 Å². The molecule has 1 heterocycles. The van der Waals surface area contributed by atoms with E-state index in [4.69, 9.17) is 22.1 Å². The smallest absolute Gasteiger partial charge is 0.249 e. The van der Waals surface area contributed by atoms with Gasteiger partial charge in [0, 0.05) is 22.8 Å². The molecule has 2 aromatic carbocycles. The van der Waals surface area contributed by atoms with Crippen molar-refractivity contribution in [1.29, 1.82) is 0 Å². The summed E-state index contributed by atoms with van der Waals surface area (Å²) in [7, 11) is 0. The number of aromatic nitrogens is 2. The highest BCUT2D eigenvalue weighted by atomic mass is 35.5. The molecule has 29 heavy (non-hydrogen) atoms. The van der Waals surface area contributed by atoms with E-state index in [1.165, 1.54) is 0 Å². The molecule has 0 bridgehead atoms. The van der Waals surface area contributed by atoms with Gasteiger partial charge in [0.25, 0.3) is 0 Å². The number of nitrogens with two attached hydrogens (primary N) is 1. The maximum Gasteiger partial charge on any atom is 0.249 e. The monoisotopic (exact) mass is 408 g/mol. The van der Waals surface area contributed by atoms with Gasteiger partial charge in [-0.15, -0.1) is 0 Å². The van der Waals surface area contributed by atoms with E-state index in [1.807, 2.05) is 30.3 Å². The largest absolute Gasteiger partial charge is 0.476 e. The SMILES string of the molecule is CCN(CC)CCCOc1nc2ccc(N)cc2nc1C#Cc1ccc(Cl)cc1. The van der Waals surface area contributed by atoms with E-state index in [1.54, 1.807) is 12.1 Å². The van der Waals surface area contributed by atoms with Gasteiger partial charge in [-0.1, -0.05) is 31.4 Å². The zero-order chi connectivity index (χ0) is 20.6. The zero-order valence-corrected chi connectivity index (χ0v) is 17.5. The number of nitrogens with zero attached hydrogens (tertiary/aromatic N) is 3. The molecule has 0 atom stereocenters. The Balaban J connectivity index is 1.85. The van der Waals surface area contributed by atoms with Gasteiger partial charge in [0.15, 0.2) is 5.69 Å². The van der Waals surface area contributed by atoms with Crippen molar-refractivity contribution in [3.63, 3.8) is 0 Å². The molecule has 0 spiro atoms. The van der Waals surface area contributed by atoms with Crippen LogP contribution in [0.1, 0.15) is 31.5 Å². The van der Waals surface area contributed by atoms with E-state index < -0.39 is 0 Å². The fraction of sp³-hybridized carbons (Fsp3) is 0.304. The van der Waals surface area contributed by atoms with E-state index in [9.17, 15) is 0 Å². The van der Waals surface area contributed by atoms with Crippen LogP contribution in [0, 0.1) is 11.8 Å². The molecule has 0 fully saturated rings. The van der Waals surface area contributed by atoms with Crippen LogP contribution in [0.5, 0.6) is 5.88 Å². The summed E-state index contributed by atoms with van der Waals surface area (Å²) >= 11 is 5.94. The Morgan fingerprint density at radius 2 is 1.76 bits per heavy atom. The minimum absolute atomic E-state index is 0.447. The van der Waals surface area contributed by atoms with Crippen molar-refractivity contribution in [2.24, 2.45) is 0 Å². The normalized spacial score (nSPS) is 10.8. The van der Waals surface area contributed by atoms with Crippen molar-refractivity contribution in [2.45, 2.75) is 20.3 Å². The lowest BCUT2D eigenvalue weighted by Crippen LogP contribution is -2.25. The number of benzene rings is 2. The number of halogens is 1. The molecule has 150 valence electrons. The number of hydrogen-bond donors (Lipinski definition) is 1. The molecular formula is C23H25ClN4O. The fourth-order valence-corrected chi connectivity index (χ4v) is 3.02. The molecule has 0 aliphatic heterocycles. The van der Waals surface area contributed by atoms with E-state index in [0.29, 0.717) is 34.4 Å². The van der Waals surface area contributed by atoms with E-state index in [2.05, 4.69) is 40.6 Å². The van der Waals surface area contributed by atoms with E-state index in [-0.39, 0.29) is 0 Å². The van der Waals surface area contributed by atoms with Crippen molar-refractivity contribution < 1.29 is 4.74 Å². The second-order valence-electron chi connectivity index (χ2n) is 6.61. The first-order valence-corrected chi connectivity index (χ1v) is 10.2. The summed E-state index contributed by atoms with van der Waals surface area (Å²) in [5.41, 5.74) is 9.30. The predicted molar refractivity (Wildman–Crippen MR) is 119 cm³/mol. The molecule has 1 aromatic heterocycles. The maximum atomic E-state index is 5.97. The van der Waals surface area contributed by atoms with Crippen LogP contribution in [0.4, 0.5) is 5.69 Å². The lowest BCUT2D eigenvalue weighted by atomic mass is 10.2. The Morgan fingerprint density at radius 1 is 1.00 bits per heavy atom. The predicted octanol–water partition coefficient (Wildman–Crippen LogP) is 4.38. The first-order chi connectivity index (χ1) is 14.1. The van der Waals surface area contributed by atoms with Crippen molar-refractivity contribution >= 4 is 28.3 Å². The topological polar surface area (TPSA) is 64.3 Å². The number of hydrogen-bond acceptors (Lipinski definition) is 5. The average Bonchev–Trinajstić information content (AvgIpc) is 2.73. The van der Waals surface area contributed by atoms with Crippen LogP contribution in [-0.2, 0) is 0 Å². The molecule has 0 saturated carbocycles. The first kappa shape index (κ1) is 20.9. The second-order valence-corrected chi connectivity index (χ2v) is 7.05. The lowest BCUT2D eigenvalue weighted by Gasteiger charge is -2.17. The summed E-state index contributed by atoms with van der Waals surface area (Å²) in [4.78, 5) is 11.6. The molecule has 0 aliphatic carbocycles. The van der Waals surface area contributed by atoms with E-state index in [0.717, 1.165) is 37.1 Å². The minimum atomic E-state index is 0.447. The molecule has 0 saturated heterocycles. The average molecular weight is 409 g/mol. The Bertz CT molecular complexity index is 1020. The van der Waals surface area contributed by atoms with Gasteiger partial charge in [0.2, 0.25) is 5.88 Å². The molecule has 0 radical (unpaired) electrons. The van der Waals surface area contributed by atoms with Crippen molar-refractivity contribution in [3.05, 3.63) is 58.7 Å². The third-order valence-electron chi connectivity index (χ3n) is 4.58. The standard InChI is InChI=1S/C23H25ClN4O/c1-3-28(4-2)14-5-15-29-23-21(12-8-17-6-9-18(24)10-7-17)26-22-16-19(25)11-13-20(22)27-23/h6-7,9-11,13,16H,3-5,14-15,25H2,1-2H3. The highest BCUT2D eigenvalue weighted by molar-refractivity contribution is 6.30. The van der Waals surface area contributed by atoms with Crippen LogP contribution in [0.2, 0.25) is 5.02 Å². The summed E-state index contributed by atoms with van der Waals surface area (Å²) in [5, 5.41) is 0.675. The van der Waals surface area contributed by atoms with Gasteiger partial charge >= 0.3 is 0 Å². The van der Waals surface area contributed by atoms with Crippen LogP contribution in [-0.4, -0.2) is 41.1 Å². The Morgan fingerprint density at radius 3 is 2.48 bits per heavy atom. The number of ether oxygens (including phenoxy) is 1. The van der Waals surface area contributed by atoms with Crippen LogP contribution in [0.15, 0.2) is 42.5 Å². The molecule has 3 aromatic rings. The van der Waals surface area contributed by atoms with Gasteiger partial charge in [-0.05, 0) is 67.9 Å². The molecule has 2 N–H and O–H groups in total. The van der Waals surface area contributed by atoms with Crippen LogP contribution in [0.3, 0.4) is 0 Å². The van der Waals surface area contributed by atoms with Crippen LogP contribution < -0.4 is 10.5 Å². The molecular weight excluding hydrogens is 384 g/mol. The van der Waals surface area contributed by atoms with Crippen molar-refractivity contribution in [1.82, 2.24) is 14.9 Å². The number of anilines is 1. The first-order valence-electron chi connectivity index (χ1n) is 9.79. The Labute approximate surface area is 176 Å². The highest BCUT2D eigenvalue weighted by Crippen LogP contribution is 2.21. The summed E-state index contributed by atoms with van der Waals surface area (Å²) in [5.74, 6) is 6.64. The van der Waals surface area contributed by atoms with Gasteiger partial charge in [-0.25, -0.2) is 9.97 Å². The molecule has 0 aliphatic rings.